The molecule has 0 saturated heterocycles. The Kier molecular flexibility index (Phi) is 6.61. The fraction of sp³-hybridized carbons (Fsp3) is 0.400. The van der Waals surface area contributed by atoms with Crippen LogP contribution in [-0.2, 0) is 14.4 Å². The van der Waals surface area contributed by atoms with E-state index < -0.39 is 30.2 Å². The van der Waals surface area contributed by atoms with Gasteiger partial charge in [0.2, 0.25) is 5.78 Å². The molecular weight excluding hydrogens is 163 g/mol. The van der Waals surface area contributed by atoms with E-state index in [1.165, 1.54) is 0 Å². The number of aliphatic hydroxyl groups excluding tert-OH is 1. The van der Waals surface area contributed by atoms with E-state index in [0.29, 0.717) is 0 Å². The Bertz CT molecular complexity index is 200. The van der Waals surface area contributed by atoms with Gasteiger partial charge in [0.15, 0.2) is 0 Å². The zero-order valence-corrected chi connectivity index (χ0v) is 6.31. The van der Waals surface area contributed by atoms with Crippen molar-refractivity contribution >= 4 is 17.7 Å². The number of Topliss-reactive ketones (excluding diaryl/α,β-unsaturated/α-hetero) is 1. The Morgan fingerprint density at radius 1 is 1.33 bits per heavy atom. The van der Waals surface area contributed by atoms with E-state index in [-0.39, 0.29) is 18.9 Å². The Labute approximate surface area is 79.4 Å². The molecule has 1 unspecified atom stereocenters. The second kappa shape index (κ2) is 5.77. The van der Waals surface area contributed by atoms with E-state index in [1.807, 2.05) is 0 Å². The Hall–Kier alpha value is -0.833. The first-order valence-corrected chi connectivity index (χ1v) is 2.60. The van der Waals surface area contributed by atoms with E-state index in [4.69, 9.17) is 10.2 Å². The van der Waals surface area contributed by atoms with Crippen molar-refractivity contribution in [1.29, 1.82) is 0 Å². The normalized spacial score (nSPS) is 11.1. The molecular formula is C5H5LiO6. The maximum absolute atomic E-state index is 10.2. The van der Waals surface area contributed by atoms with Gasteiger partial charge in [0.05, 0.1) is 5.97 Å². The summed E-state index contributed by atoms with van der Waals surface area (Å²) >= 11 is 0. The summed E-state index contributed by atoms with van der Waals surface area (Å²) in [5.74, 6) is -4.99. The minimum atomic E-state index is -2.04. The number of carbonyl (C=O) groups excluding carboxylic acids is 2. The topological polar surface area (TPSA) is 115 Å². The smallest absolute Gasteiger partial charge is 0.547 e. The van der Waals surface area contributed by atoms with Gasteiger partial charge in [0.25, 0.3) is 0 Å². The number of carboxylic acids is 2. The van der Waals surface area contributed by atoms with E-state index in [9.17, 15) is 19.5 Å². The molecule has 12 heavy (non-hydrogen) atoms. The van der Waals surface area contributed by atoms with Gasteiger partial charge in [-0.1, -0.05) is 0 Å². The number of aliphatic hydroxyl groups is 1. The van der Waals surface area contributed by atoms with Crippen LogP contribution in [0.5, 0.6) is 0 Å². The number of carbonyl (C=O) groups is 3. The van der Waals surface area contributed by atoms with E-state index in [0.717, 1.165) is 0 Å². The van der Waals surface area contributed by atoms with Crippen molar-refractivity contribution in [1.82, 2.24) is 0 Å². The van der Waals surface area contributed by atoms with Gasteiger partial charge in [-0.15, -0.1) is 0 Å². The van der Waals surface area contributed by atoms with Crippen LogP contribution < -0.4 is 24.0 Å². The molecule has 6 nitrogen and oxygen atoms in total. The molecule has 0 bridgehead atoms. The standard InChI is InChI=1S/C5H6O6.Li/c6-2(4(8)9)1-3(7)5(10)11;/h2,6H,1H2,(H,8,9)(H,10,11);/q;+1/p-1. The third-order valence-corrected chi connectivity index (χ3v) is 0.889. The van der Waals surface area contributed by atoms with Crippen molar-refractivity contribution in [3.8, 4) is 0 Å². The fourth-order valence-electron chi connectivity index (χ4n) is 0.346. The molecule has 0 aliphatic rings. The van der Waals surface area contributed by atoms with Gasteiger partial charge < -0.3 is 20.1 Å². The minimum Gasteiger partial charge on any atom is -0.547 e. The van der Waals surface area contributed by atoms with Gasteiger partial charge in [0, 0.05) is 6.42 Å². The van der Waals surface area contributed by atoms with Gasteiger partial charge in [-0.25, -0.2) is 4.79 Å². The first kappa shape index (κ1) is 13.7. The van der Waals surface area contributed by atoms with Crippen LogP contribution in [0.1, 0.15) is 6.42 Å². The molecule has 0 spiro atoms. The van der Waals surface area contributed by atoms with Crippen LogP contribution >= 0.6 is 0 Å². The second-order valence-corrected chi connectivity index (χ2v) is 1.77. The number of rotatable bonds is 4. The third-order valence-electron chi connectivity index (χ3n) is 0.889. The molecule has 0 amide bonds. The van der Waals surface area contributed by atoms with Crippen LogP contribution in [0, 0.1) is 0 Å². The van der Waals surface area contributed by atoms with Crippen molar-refractivity contribution in [2.75, 3.05) is 0 Å². The van der Waals surface area contributed by atoms with E-state index >= 15 is 0 Å². The van der Waals surface area contributed by atoms with Crippen molar-refractivity contribution in [3.05, 3.63) is 0 Å². The van der Waals surface area contributed by atoms with Crippen molar-refractivity contribution in [2.45, 2.75) is 12.5 Å². The molecule has 0 saturated carbocycles. The monoisotopic (exact) mass is 168 g/mol. The average Bonchev–Trinajstić information content (AvgIpc) is 1.87. The molecule has 62 valence electrons. The number of carboxylic acid groups (broad SMARTS) is 2. The van der Waals surface area contributed by atoms with Crippen LogP contribution in [0.4, 0.5) is 0 Å². The van der Waals surface area contributed by atoms with E-state index in [2.05, 4.69) is 0 Å². The summed E-state index contributed by atoms with van der Waals surface area (Å²) < 4.78 is 0. The van der Waals surface area contributed by atoms with Gasteiger partial charge in [-0.3, -0.25) is 4.79 Å². The van der Waals surface area contributed by atoms with E-state index in [1.54, 1.807) is 0 Å². The van der Waals surface area contributed by atoms with Crippen LogP contribution in [0.2, 0.25) is 0 Å². The summed E-state index contributed by atoms with van der Waals surface area (Å²) in [5, 5.41) is 26.1. The Morgan fingerprint density at radius 3 is 2.00 bits per heavy atom. The summed E-state index contributed by atoms with van der Waals surface area (Å²) in [5.41, 5.74) is 0. The Morgan fingerprint density at radius 2 is 1.75 bits per heavy atom. The van der Waals surface area contributed by atoms with Gasteiger partial charge in [-0.2, -0.15) is 0 Å². The largest absolute Gasteiger partial charge is 1.00 e. The van der Waals surface area contributed by atoms with Crippen molar-refractivity contribution in [3.63, 3.8) is 0 Å². The van der Waals surface area contributed by atoms with Crippen molar-refractivity contribution in [2.24, 2.45) is 0 Å². The van der Waals surface area contributed by atoms with Crippen LogP contribution in [-0.4, -0.2) is 34.0 Å². The third kappa shape index (κ3) is 4.90. The van der Waals surface area contributed by atoms with Crippen LogP contribution in [0.15, 0.2) is 0 Å². The molecule has 0 aliphatic carbocycles. The molecule has 0 fully saturated rings. The summed E-state index contributed by atoms with van der Waals surface area (Å²) in [6.45, 7) is 0. The average molecular weight is 168 g/mol. The zero-order chi connectivity index (χ0) is 9.02. The molecule has 0 aliphatic heterocycles. The predicted octanol–water partition coefficient (Wildman–Crippen LogP) is -5.85. The summed E-state index contributed by atoms with van der Waals surface area (Å²) in [4.78, 5) is 29.7. The first-order chi connectivity index (χ1) is 4.95. The first-order valence-electron chi connectivity index (χ1n) is 2.60. The molecule has 0 radical (unpaired) electrons. The molecule has 0 aromatic heterocycles. The molecule has 1 atom stereocenters. The molecule has 7 heteroatoms. The van der Waals surface area contributed by atoms with Gasteiger partial charge in [-0.05, 0) is 0 Å². The number of hydrogen-bond acceptors (Lipinski definition) is 5. The maximum atomic E-state index is 10.2. The second-order valence-electron chi connectivity index (χ2n) is 1.77. The zero-order valence-electron chi connectivity index (χ0n) is 6.31. The Balaban J connectivity index is 0. The minimum absolute atomic E-state index is 0. The molecule has 0 aromatic carbocycles. The fourth-order valence-corrected chi connectivity index (χ4v) is 0.346. The van der Waals surface area contributed by atoms with Crippen LogP contribution in [0.3, 0.4) is 0 Å². The summed E-state index contributed by atoms with van der Waals surface area (Å²) in [7, 11) is 0. The molecule has 0 aromatic rings. The summed E-state index contributed by atoms with van der Waals surface area (Å²) in [6.07, 6.45) is -3.00. The molecule has 0 heterocycles. The maximum Gasteiger partial charge on any atom is 1.00 e. The number of ketones is 1. The quantitative estimate of drug-likeness (QED) is 0.319. The number of aliphatic carboxylic acids is 2. The van der Waals surface area contributed by atoms with Crippen LogP contribution in [0.25, 0.3) is 0 Å². The number of hydrogen-bond donors (Lipinski definition) is 2. The van der Waals surface area contributed by atoms with Gasteiger partial charge in [0.1, 0.15) is 6.10 Å². The van der Waals surface area contributed by atoms with Crippen molar-refractivity contribution < 1.29 is 48.6 Å². The van der Waals surface area contributed by atoms with Gasteiger partial charge >= 0.3 is 24.8 Å². The SMILES string of the molecule is O=C(O)C(=O)CC(O)C(=O)[O-].[Li+]. The molecule has 2 N–H and O–H groups in total. The predicted molar refractivity (Wildman–Crippen MR) is 28.3 cm³/mol. The summed E-state index contributed by atoms with van der Waals surface area (Å²) in [6, 6.07) is 0. The molecule has 0 rings (SSSR count).